The van der Waals surface area contributed by atoms with Crippen LogP contribution in [0.15, 0.2) is 36.7 Å². The maximum absolute atomic E-state index is 12.2. The molecule has 0 N–H and O–H groups in total. The van der Waals surface area contributed by atoms with E-state index in [1.807, 2.05) is 12.1 Å². The Labute approximate surface area is 192 Å². The molecule has 0 aliphatic heterocycles. The molecule has 32 heavy (non-hydrogen) atoms. The molecule has 1 unspecified atom stereocenters. The highest BCUT2D eigenvalue weighted by Crippen LogP contribution is 2.21. The van der Waals surface area contributed by atoms with Gasteiger partial charge in [0.25, 0.3) is 0 Å². The van der Waals surface area contributed by atoms with Crippen molar-refractivity contribution >= 4 is 5.97 Å². The zero-order valence-corrected chi connectivity index (χ0v) is 19.8. The normalized spacial score (nSPS) is 11.8. The lowest BCUT2D eigenvalue weighted by molar-refractivity contribution is -0.146. The van der Waals surface area contributed by atoms with E-state index in [1.165, 1.54) is 38.5 Å². The smallest absolute Gasteiger partial charge is 0.340 e. The van der Waals surface area contributed by atoms with Gasteiger partial charge in [-0.1, -0.05) is 58.8 Å². The Hall–Kier alpha value is -2.47. The van der Waals surface area contributed by atoms with E-state index >= 15 is 0 Å². The number of nitrogens with zero attached hydrogens (tertiary/aromatic N) is 2. The minimum absolute atomic E-state index is 0.386. The molecule has 1 heterocycles. The van der Waals surface area contributed by atoms with E-state index in [9.17, 15) is 4.79 Å². The summed E-state index contributed by atoms with van der Waals surface area (Å²) in [6, 6.07) is 7.16. The van der Waals surface area contributed by atoms with Crippen molar-refractivity contribution < 1.29 is 19.0 Å². The quantitative estimate of drug-likeness (QED) is 0.171. The van der Waals surface area contributed by atoms with Gasteiger partial charge in [-0.2, -0.15) is 0 Å². The molecular weight excluding hydrogens is 404 g/mol. The Bertz CT molecular complexity index is 762. The van der Waals surface area contributed by atoms with Crippen LogP contribution in [0.2, 0.25) is 0 Å². The summed E-state index contributed by atoms with van der Waals surface area (Å²) in [5, 5.41) is 0. The van der Waals surface area contributed by atoms with Crippen molar-refractivity contribution in [2.45, 2.75) is 84.7 Å². The number of hydrogen-bond donors (Lipinski definition) is 0. The predicted molar refractivity (Wildman–Crippen MR) is 127 cm³/mol. The minimum Gasteiger partial charge on any atom is -0.490 e. The number of carbonyl (C=O) groups excluding carboxylic acids is 1. The Morgan fingerprint density at radius 2 is 1.41 bits per heavy atom. The third-order valence-corrected chi connectivity index (χ3v) is 5.17. The molecule has 1 atom stereocenters. The van der Waals surface area contributed by atoms with E-state index in [-0.39, 0.29) is 5.97 Å². The number of aromatic nitrogens is 2. The number of carbonyl (C=O) groups is 1. The second kappa shape index (κ2) is 15.4. The van der Waals surface area contributed by atoms with Gasteiger partial charge in [-0.3, -0.25) is 0 Å². The van der Waals surface area contributed by atoms with E-state index < -0.39 is 6.10 Å². The van der Waals surface area contributed by atoms with Gasteiger partial charge in [0.05, 0.1) is 19.0 Å². The zero-order chi connectivity index (χ0) is 23.0. The van der Waals surface area contributed by atoms with Crippen LogP contribution in [-0.4, -0.2) is 35.3 Å². The summed E-state index contributed by atoms with van der Waals surface area (Å²) in [5.74, 6) is 1.36. The van der Waals surface area contributed by atoms with E-state index in [2.05, 4.69) is 23.8 Å². The first-order chi connectivity index (χ1) is 15.6. The molecule has 0 bridgehead atoms. The topological polar surface area (TPSA) is 70.5 Å². The van der Waals surface area contributed by atoms with Crippen LogP contribution in [0.4, 0.5) is 0 Å². The summed E-state index contributed by atoms with van der Waals surface area (Å²) in [7, 11) is 0. The molecule has 0 spiro atoms. The lowest BCUT2D eigenvalue weighted by Crippen LogP contribution is -2.26. The van der Waals surface area contributed by atoms with Crippen LogP contribution in [0.25, 0.3) is 11.4 Å². The average molecular weight is 443 g/mol. The molecule has 176 valence electrons. The van der Waals surface area contributed by atoms with Gasteiger partial charge in [0.2, 0.25) is 0 Å². The molecule has 0 amide bonds. The van der Waals surface area contributed by atoms with Gasteiger partial charge in [0, 0.05) is 12.2 Å². The summed E-state index contributed by atoms with van der Waals surface area (Å²) in [5.41, 5.74) is 0.843. The Morgan fingerprint density at radius 3 is 2.06 bits per heavy atom. The lowest BCUT2D eigenvalue weighted by Gasteiger charge is -2.12. The van der Waals surface area contributed by atoms with Crippen LogP contribution in [0, 0.1) is 0 Å². The van der Waals surface area contributed by atoms with Gasteiger partial charge in [-0.05, 0) is 44.0 Å². The molecule has 0 saturated heterocycles. The molecule has 0 saturated carbocycles. The molecule has 2 aromatic rings. The number of benzene rings is 1. The third kappa shape index (κ3) is 9.77. The summed E-state index contributed by atoms with van der Waals surface area (Å²) in [4.78, 5) is 21.0. The van der Waals surface area contributed by atoms with E-state index in [0.717, 1.165) is 24.8 Å². The molecule has 0 fully saturated rings. The van der Waals surface area contributed by atoms with Crippen molar-refractivity contribution in [2.75, 3.05) is 13.2 Å². The fourth-order valence-corrected chi connectivity index (χ4v) is 3.16. The average Bonchev–Trinajstić information content (AvgIpc) is 2.82. The fraction of sp³-hybridized carbons (Fsp3) is 0.577. The lowest BCUT2D eigenvalue weighted by atomic mass is 10.2. The molecule has 1 aromatic carbocycles. The van der Waals surface area contributed by atoms with Gasteiger partial charge in [-0.25, -0.2) is 14.8 Å². The maximum Gasteiger partial charge on any atom is 0.340 e. The van der Waals surface area contributed by atoms with Crippen LogP contribution in [0.3, 0.4) is 0 Å². The maximum atomic E-state index is 12.2. The predicted octanol–water partition coefficient (Wildman–Crippen LogP) is 6.38. The SMILES string of the molecule is CCCCCCCOC(C)C(=O)Oc1ccc(-c2ncc(OCCCCCC)cn2)cc1. The van der Waals surface area contributed by atoms with Crippen molar-refractivity contribution in [1.82, 2.24) is 9.97 Å². The molecular formula is C26H38N2O4. The van der Waals surface area contributed by atoms with E-state index in [4.69, 9.17) is 14.2 Å². The van der Waals surface area contributed by atoms with Gasteiger partial charge in [0.15, 0.2) is 17.7 Å². The number of rotatable bonds is 16. The first kappa shape index (κ1) is 25.8. The minimum atomic E-state index is -0.585. The third-order valence-electron chi connectivity index (χ3n) is 5.17. The van der Waals surface area contributed by atoms with Gasteiger partial charge < -0.3 is 14.2 Å². The van der Waals surface area contributed by atoms with Crippen molar-refractivity contribution in [2.24, 2.45) is 0 Å². The molecule has 6 nitrogen and oxygen atoms in total. The van der Waals surface area contributed by atoms with Crippen LogP contribution in [0.1, 0.15) is 78.6 Å². The second-order valence-electron chi connectivity index (χ2n) is 8.02. The number of ether oxygens (including phenoxy) is 3. The summed E-state index contributed by atoms with van der Waals surface area (Å²) < 4.78 is 16.7. The summed E-state index contributed by atoms with van der Waals surface area (Å²) in [6.07, 6.45) is 13.2. The van der Waals surface area contributed by atoms with E-state index in [1.54, 1.807) is 31.5 Å². The summed E-state index contributed by atoms with van der Waals surface area (Å²) in [6.45, 7) is 7.37. The second-order valence-corrected chi connectivity index (χ2v) is 8.02. The van der Waals surface area contributed by atoms with Crippen LogP contribution in [0.5, 0.6) is 11.5 Å². The van der Waals surface area contributed by atoms with Crippen LogP contribution < -0.4 is 9.47 Å². The number of esters is 1. The molecule has 0 aliphatic rings. The molecule has 2 rings (SSSR count). The highest BCUT2D eigenvalue weighted by atomic mass is 16.6. The Balaban J connectivity index is 1.75. The molecule has 1 aromatic heterocycles. The Morgan fingerprint density at radius 1 is 0.812 bits per heavy atom. The molecule has 0 aliphatic carbocycles. The van der Waals surface area contributed by atoms with Crippen LogP contribution in [-0.2, 0) is 9.53 Å². The van der Waals surface area contributed by atoms with Crippen LogP contribution >= 0.6 is 0 Å². The van der Waals surface area contributed by atoms with Crippen molar-refractivity contribution in [1.29, 1.82) is 0 Å². The first-order valence-electron chi connectivity index (χ1n) is 12.0. The fourth-order valence-electron chi connectivity index (χ4n) is 3.16. The van der Waals surface area contributed by atoms with E-state index in [0.29, 0.717) is 30.5 Å². The van der Waals surface area contributed by atoms with Crippen molar-refractivity contribution in [3.05, 3.63) is 36.7 Å². The van der Waals surface area contributed by atoms with Gasteiger partial charge in [0.1, 0.15) is 5.75 Å². The monoisotopic (exact) mass is 442 g/mol. The largest absolute Gasteiger partial charge is 0.490 e. The molecule has 0 radical (unpaired) electrons. The Kier molecular flexibility index (Phi) is 12.4. The van der Waals surface area contributed by atoms with Crippen molar-refractivity contribution in [3.8, 4) is 22.9 Å². The standard InChI is InChI=1S/C26H38N2O4/c1-4-6-8-10-12-17-30-21(3)26(29)32-23-15-13-22(14-16-23)25-27-19-24(20-28-25)31-18-11-9-7-5-2/h13-16,19-21H,4-12,17-18H2,1-3H3. The number of hydrogen-bond acceptors (Lipinski definition) is 6. The first-order valence-corrected chi connectivity index (χ1v) is 12.0. The van der Waals surface area contributed by atoms with Gasteiger partial charge >= 0.3 is 5.97 Å². The zero-order valence-electron chi connectivity index (χ0n) is 19.8. The van der Waals surface area contributed by atoms with Gasteiger partial charge in [-0.15, -0.1) is 0 Å². The molecule has 6 heteroatoms. The highest BCUT2D eigenvalue weighted by molar-refractivity contribution is 5.77. The highest BCUT2D eigenvalue weighted by Gasteiger charge is 2.16. The summed E-state index contributed by atoms with van der Waals surface area (Å²) >= 11 is 0. The van der Waals surface area contributed by atoms with Crippen molar-refractivity contribution in [3.63, 3.8) is 0 Å². The number of unbranched alkanes of at least 4 members (excludes halogenated alkanes) is 7.